The van der Waals surface area contributed by atoms with E-state index in [1.807, 2.05) is 30.3 Å². The van der Waals surface area contributed by atoms with Gasteiger partial charge in [-0.3, -0.25) is 4.79 Å². The number of rotatable bonds is 7. The van der Waals surface area contributed by atoms with Crippen molar-refractivity contribution >= 4 is 23.6 Å². The van der Waals surface area contributed by atoms with Gasteiger partial charge in [-0.05, 0) is 36.8 Å². The molecule has 0 radical (unpaired) electrons. The SMILES string of the molecule is Cc1ccc(C(=O)OCC(=O)NCCSc2ccccc2)cc1F. The second-order valence-electron chi connectivity index (χ2n) is 5.05. The Kier molecular flexibility index (Phi) is 6.81. The average molecular weight is 347 g/mol. The monoisotopic (exact) mass is 347 g/mol. The summed E-state index contributed by atoms with van der Waals surface area (Å²) in [7, 11) is 0. The minimum Gasteiger partial charge on any atom is -0.452 e. The predicted molar refractivity (Wildman–Crippen MR) is 91.6 cm³/mol. The van der Waals surface area contributed by atoms with Crippen LogP contribution in [0, 0.1) is 12.7 Å². The van der Waals surface area contributed by atoms with E-state index >= 15 is 0 Å². The number of amides is 1. The predicted octanol–water partition coefficient (Wildman–Crippen LogP) is 3.20. The molecule has 2 rings (SSSR count). The Morgan fingerprint density at radius 1 is 1.17 bits per heavy atom. The maximum atomic E-state index is 13.4. The Hall–Kier alpha value is -2.34. The topological polar surface area (TPSA) is 55.4 Å². The zero-order valence-electron chi connectivity index (χ0n) is 13.3. The molecular weight excluding hydrogens is 329 g/mol. The summed E-state index contributed by atoms with van der Waals surface area (Å²) in [6.45, 7) is 1.69. The van der Waals surface area contributed by atoms with E-state index in [9.17, 15) is 14.0 Å². The Morgan fingerprint density at radius 2 is 1.92 bits per heavy atom. The molecule has 0 aliphatic rings. The Morgan fingerprint density at radius 3 is 2.62 bits per heavy atom. The van der Waals surface area contributed by atoms with Crippen LogP contribution < -0.4 is 5.32 Å². The number of ether oxygens (including phenoxy) is 1. The number of carbonyl (C=O) groups excluding carboxylic acids is 2. The van der Waals surface area contributed by atoms with E-state index in [0.29, 0.717) is 17.9 Å². The Labute approximate surface area is 144 Å². The lowest BCUT2D eigenvalue weighted by Crippen LogP contribution is -2.30. The summed E-state index contributed by atoms with van der Waals surface area (Å²) in [4.78, 5) is 24.5. The molecule has 2 aromatic carbocycles. The molecule has 0 spiro atoms. The van der Waals surface area contributed by atoms with Crippen molar-refractivity contribution < 1.29 is 18.7 Å². The lowest BCUT2D eigenvalue weighted by molar-refractivity contribution is -0.124. The van der Waals surface area contributed by atoms with Gasteiger partial charge in [-0.25, -0.2) is 9.18 Å². The summed E-state index contributed by atoms with van der Waals surface area (Å²) in [5.74, 6) is -0.869. The zero-order valence-corrected chi connectivity index (χ0v) is 14.1. The summed E-state index contributed by atoms with van der Waals surface area (Å²) in [6, 6.07) is 13.9. The van der Waals surface area contributed by atoms with Crippen LogP contribution in [0.4, 0.5) is 4.39 Å². The van der Waals surface area contributed by atoms with Crippen LogP contribution in [-0.4, -0.2) is 30.8 Å². The molecule has 0 aromatic heterocycles. The van der Waals surface area contributed by atoms with Crippen molar-refractivity contribution in [1.29, 1.82) is 0 Å². The molecule has 0 unspecified atom stereocenters. The molecule has 0 aliphatic heterocycles. The van der Waals surface area contributed by atoms with E-state index < -0.39 is 11.8 Å². The molecule has 0 fully saturated rings. The summed E-state index contributed by atoms with van der Waals surface area (Å²) in [5.41, 5.74) is 0.533. The number of thioether (sulfide) groups is 1. The molecule has 1 amide bonds. The number of halogens is 1. The van der Waals surface area contributed by atoms with Crippen molar-refractivity contribution in [2.45, 2.75) is 11.8 Å². The molecule has 24 heavy (non-hydrogen) atoms. The van der Waals surface area contributed by atoms with Crippen LogP contribution >= 0.6 is 11.8 Å². The summed E-state index contributed by atoms with van der Waals surface area (Å²) in [6.07, 6.45) is 0. The molecule has 0 heterocycles. The normalized spacial score (nSPS) is 10.2. The van der Waals surface area contributed by atoms with Crippen LogP contribution in [-0.2, 0) is 9.53 Å². The van der Waals surface area contributed by atoms with Crippen molar-refractivity contribution in [3.05, 3.63) is 65.5 Å². The molecule has 0 aliphatic carbocycles. The van der Waals surface area contributed by atoms with E-state index in [0.717, 1.165) is 11.0 Å². The van der Waals surface area contributed by atoms with Gasteiger partial charge in [-0.15, -0.1) is 11.8 Å². The van der Waals surface area contributed by atoms with E-state index in [1.165, 1.54) is 12.1 Å². The van der Waals surface area contributed by atoms with Gasteiger partial charge in [0.2, 0.25) is 0 Å². The number of carbonyl (C=O) groups is 2. The summed E-state index contributed by atoms with van der Waals surface area (Å²) < 4.78 is 18.3. The van der Waals surface area contributed by atoms with Crippen molar-refractivity contribution in [3.8, 4) is 0 Å². The third kappa shape index (κ3) is 5.70. The lowest BCUT2D eigenvalue weighted by Gasteiger charge is -2.07. The number of aryl methyl sites for hydroxylation is 1. The first-order valence-electron chi connectivity index (χ1n) is 7.44. The van der Waals surface area contributed by atoms with E-state index in [1.54, 1.807) is 18.7 Å². The van der Waals surface area contributed by atoms with Crippen molar-refractivity contribution in [2.75, 3.05) is 18.9 Å². The molecule has 0 saturated heterocycles. The molecular formula is C18H18FNO3S. The molecule has 126 valence electrons. The molecule has 0 bridgehead atoms. The van der Waals surface area contributed by atoms with Crippen molar-refractivity contribution in [2.24, 2.45) is 0 Å². The third-order valence-corrected chi connectivity index (χ3v) is 4.19. The maximum Gasteiger partial charge on any atom is 0.338 e. The van der Waals surface area contributed by atoms with Crippen LogP contribution in [0.15, 0.2) is 53.4 Å². The van der Waals surface area contributed by atoms with Gasteiger partial charge in [0.25, 0.3) is 5.91 Å². The van der Waals surface area contributed by atoms with Gasteiger partial charge < -0.3 is 10.1 Å². The van der Waals surface area contributed by atoms with Crippen molar-refractivity contribution in [1.82, 2.24) is 5.32 Å². The average Bonchev–Trinajstić information content (AvgIpc) is 2.60. The van der Waals surface area contributed by atoms with Crippen molar-refractivity contribution in [3.63, 3.8) is 0 Å². The van der Waals surface area contributed by atoms with Gasteiger partial charge in [-0.2, -0.15) is 0 Å². The fraction of sp³-hybridized carbons (Fsp3) is 0.222. The van der Waals surface area contributed by atoms with Crippen LogP contribution in [0.1, 0.15) is 15.9 Å². The van der Waals surface area contributed by atoms with Gasteiger partial charge in [0, 0.05) is 17.2 Å². The highest BCUT2D eigenvalue weighted by atomic mass is 32.2. The smallest absolute Gasteiger partial charge is 0.338 e. The number of benzene rings is 2. The first kappa shape index (κ1) is 18.0. The van der Waals surface area contributed by atoms with Gasteiger partial charge in [0.05, 0.1) is 5.56 Å². The molecule has 4 nitrogen and oxygen atoms in total. The highest BCUT2D eigenvalue weighted by molar-refractivity contribution is 7.99. The summed E-state index contributed by atoms with van der Waals surface area (Å²) >= 11 is 1.62. The number of hydrogen-bond acceptors (Lipinski definition) is 4. The van der Waals surface area contributed by atoms with Crippen LogP contribution in [0.25, 0.3) is 0 Å². The highest BCUT2D eigenvalue weighted by Crippen LogP contribution is 2.15. The van der Waals surface area contributed by atoms with Crippen LogP contribution in [0.5, 0.6) is 0 Å². The molecule has 1 N–H and O–H groups in total. The Bertz CT molecular complexity index is 707. The largest absolute Gasteiger partial charge is 0.452 e. The van der Waals surface area contributed by atoms with Crippen LogP contribution in [0.2, 0.25) is 0 Å². The molecule has 0 atom stereocenters. The highest BCUT2D eigenvalue weighted by Gasteiger charge is 2.11. The molecule has 0 saturated carbocycles. The number of esters is 1. The second-order valence-corrected chi connectivity index (χ2v) is 6.22. The Balaban J connectivity index is 1.67. The first-order chi connectivity index (χ1) is 11.6. The molecule has 6 heteroatoms. The van der Waals surface area contributed by atoms with Gasteiger partial charge in [-0.1, -0.05) is 24.3 Å². The fourth-order valence-corrected chi connectivity index (χ4v) is 2.65. The second kappa shape index (κ2) is 9.08. The minimum atomic E-state index is -0.720. The minimum absolute atomic E-state index is 0.0885. The molecule has 2 aromatic rings. The van der Waals surface area contributed by atoms with Gasteiger partial charge in [0.15, 0.2) is 6.61 Å². The van der Waals surface area contributed by atoms with Crippen LogP contribution in [0.3, 0.4) is 0 Å². The quantitative estimate of drug-likeness (QED) is 0.475. The van der Waals surface area contributed by atoms with E-state index in [2.05, 4.69) is 5.32 Å². The van der Waals surface area contributed by atoms with E-state index in [-0.39, 0.29) is 18.1 Å². The number of hydrogen-bond donors (Lipinski definition) is 1. The number of nitrogens with one attached hydrogen (secondary N) is 1. The van der Waals surface area contributed by atoms with Gasteiger partial charge in [0.1, 0.15) is 5.82 Å². The third-order valence-electron chi connectivity index (χ3n) is 3.18. The lowest BCUT2D eigenvalue weighted by atomic mass is 10.1. The van der Waals surface area contributed by atoms with E-state index in [4.69, 9.17) is 4.74 Å². The standard InChI is InChI=1S/C18H18FNO3S/c1-13-7-8-14(11-16(13)19)18(22)23-12-17(21)20-9-10-24-15-5-3-2-4-6-15/h2-8,11H,9-10,12H2,1H3,(H,20,21). The summed E-state index contributed by atoms with van der Waals surface area (Å²) in [5, 5.41) is 2.67. The fourth-order valence-electron chi connectivity index (χ4n) is 1.86. The first-order valence-corrected chi connectivity index (χ1v) is 8.42. The zero-order chi connectivity index (χ0) is 17.4. The van der Waals surface area contributed by atoms with Gasteiger partial charge >= 0.3 is 5.97 Å². The maximum absolute atomic E-state index is 13.4.